The number of aromatic nitrogens is 1. The molecule has 0 unspecified atom stereocenters. The number of amides is 1. The minimum absolute atomic E-state index is 0.107. The Morgan fingerprint density at radius 3 is 2.89 bits per heavy atom. The highest BCUT2D eigenvalue weighted by atomic mass is 35.5. The zero-order valence-corrected chi connectivity index (χ0v) is 15.7. The largest absolute Gasteiger partial charge is 0.438 e. The van der Waals surface area contributed by atoms with Crippen molar-refractivity contribution in [2.24, 2.45) is 0 Å². The molecule has 0 bridgehead atoms. The first-order valence-electron chi connectivity index (χ1n) is 8.91. The van der Waals surface area contributed by atoms with Crippen LogP contribution in [0.1, 0.15) is 27.9 Å². The van der Waals surface area contributed by atoms with Crippen LogP contribution in [0, 0.1) is 6.92 Å². The molecule has 0 spiro atoms. The molecule has 136 valence electrons. The van der Waals surface area contributed by atoms with Crippen molar-refractivity contribution in [2.45, 2.75) is 19.8 Å². The lowest BCUT2D eigenvalue weighted by atomic mass is 9.99. The molecule has 1 aliphatic heterocycles. The van der Waals surface area contributed by atoms with E-state index in [-0.39, 0.29) is 11.8 Å². The maximum absolute atomic E-state index is 13.3. The molecule has 27 heavy (non-hydrogen) atoms. The summed E-state index contributed by atoms with van der Waals surface area (Å²) in [6.07, 6.45) is 3.54. The third kappa shape index (κ3) is 3.67. The van der Waals surface area contributed by atoms with Gasteiger partial charge in [0.25, 0.3) is 5.91 Å². The predicted molar refractivity (Wildman–Crippen MR) is 107 cm³/mol. The molecule has 0 saturated carbocycles. The van der Waals surface area contributed by atoms with E-state index in [1.165, 1.54) is 11.1 Å². The zero-order chi connectivity index (χ0) is 18.8. The number of nitrogens with zero attached hydrogens (tertiary/aromatic N) is 2. The average Bonchev–Trinajstić information content (AvgIpc) is 2.67. The molecule has 1 aliphatic rings. The van der Waals surface area contributed by atoms with E-state index < -0.39 is 0 Å². The zero-order valence-electron chi connectivity index (χ0n) is 15.0. The summed E-state index contributed by atoms with van der Waals surface area (Å²) >= 11 is 6.03. The van der Waals surface area contributed by atoms with Crippen molar-refractivity contribution in [3.8, 4) is 11.6 Å². The van der Waals surface area contributed by atoms with Gasteiger partial charge in [-0.1, -0.05) is 35.4 Å². The number of benzene rings is 2. The fourth-order valence-corrected chi connectivity index (χ4v) is 3.54. The van der Waals surface area contributed by atoms with Gasteiger partial charge in [0.05, 0.1) is 0 Å². The van der Waals surface area contributed by atoms with Gasteiger partial charge < -0.3 is 9.64 Å². The SMILES string of the molecule is Cc1ccc2c(c1)CCCN2C(=O)c1cccnc1Oc1cccc(Cl)c1. The number of ether oxygens (including phenoxy) is 1. The standard InChI is InChI=1S/C22H19ClN2O2/c1-15-9-10-20-16(13-15)5-4-12-25(20)22(26)19-8-3-11-24-21(19)27-18-7-2-6-17(23)14-18/h2-3,6-11,13-14H,4-5,12H2,1H3. The van der Waals surface area contributed by atoms with E-state index in [4.69, 9.17) is 16.3 Å². The second-order valence-electron chi connectivity index (χ2n) is 6.61. The molecule has 0 aliphatic carbocycles. The van der Waals surface area contributed by atoms with E-state index >= 15 is 0 Å². The lowest BCUT2D eigenvalue weighted by molar-refractivity contribution is 0.0982. The Kier molecular flexibility index (Phi) is 4.82. The Morgan fingerprint density at radius 1 is 1.15 bits per heavy atom. The van der Waals surface area contributed by atoms with Crippen molar-refractivity contribution >= 4 is 23.2 Å². The predicted octanol–water partition coefficient (Wildman–Crippen LogP) is 5.43. The maximum atomic E-state index is 13.3. The molecule has 0 saturated heterocycles. The molecule has 5 heteroatoms. The molecule has 3 aromatic rings. The fraction of sp³-hybridized carbons (Fsp3) is 0.182. The number of fused-ring (bicyclic) bond motifs is 1. The molecular formula is C22H19ClN2O2. The van der Waals surface area contributed by atoms with E-state index in [0.717, 1.165) is 18.5 Å². The Bertz CT molecular complexity index is 1000. The lowest BCUT2D eigenvalue weighted by Crippen LogP contribution is -2.35. The van der Waals surface area contributed by atoms with Crippen molar-refractivity contribution in [2.75, 3.05) is 11.4 Å². The maximum Gasteiger partial charge on any atom is 0.263 e. The highest BCUT2D eigenvalue weighted by molar-refractivity contribution is 6.30. The summed E-state index contributed by atoms with van der Waals surface area (Å²) in [5.41, 5.74) is 3.81. The van der Waals surface area contributed by atoms with Crippen molar-refractivity contribution in [1.82, 2.24) is 4.98 Å². The average molecular weight is 379 g/mol. The second-order valence-corrected chi connectivity index (χ2v) is 7.04. The number of anilines is 1. The molecule has 2 aromatic carbocycles. The van der Waals surface area contributed by atoms with Crippen LogP contribution >= 0.6 is 11.6 Å². The van der Waals surface area contributed by atoms with Crippen LogP contribution in [0.4, 0.5) is 5.69 Å². The number of halogens is 1. The Balaban J connectivity index is 1.68. The summed E-state index contributed by atoms with van der Waals surface area (Å²) in [7, 11) is 0. The normalized spacial score (nSPS) is 13.2. The quantitative estimate of drug-likeness (QED) is 0.610. The van der Waals surface area contributed by atoms with Gasteiger partial charge in [0.1, 0.15) is 11.3 Å². The summed E-state index contributed by atoms with van der Waals surface area (Å²) in [6.45, 7) is 2.75. The molecule has 1 aromatic heterocycles. The Morgan fingerprint density at radius 2 is 2.04 bits per heavy atom. The summed E-state index contributed by atoms with van der Waals surface area (Å²) in [4.78, 5) is 19.4. The van der Waals surface area contributed by atoms with Crippen LogP contribution in [0.5, 0.6) is 11.6 Å². The minimum Gasteiger partial charge on any atom is -0.438 e. The molecule has 0 fully saturated rings. The number of hydrogen-bond acceptors (Lipinski definition) is 3. The molecule has 0 radical (unpaired) electrons. The Labute approximate surface area is 163 Å². The van der Waals surface area contributed by atoms with Crippen LogP contribution in [0.3, 0.4) is 0 Å². The van der Waals surface area contributed by atoms with E-state index in [2.05, 4.69) is 18.0 Å². The lowest BCUT2D eigenvalue weighted by Gasteiger charge is -2.30. The third-order valence-corrected chi connectivity index (χ3v) is 4.85. The van der Waals surface area contributed by atoms with Crippen molar-refractivity contribution in [1.29, 1.82) is 0 Å². The fourth-order valence-electron chi connectivity index (χ4n) is 3.36. The molecule has 2 heterocycles. The van der Waals surface area contributed by atoms with E-state index in [0.29, 0.717) is 22.9 Å². The van der Waals surface area contributed by atoms with E-state index in [9.17, 15) is 4.79 Å². The number of pyridine rings is 1. The summed E-state index contributed by atoms with van der Waals surface area (Å²) in [6, 6.07) is 16.8. The van der Waals surface area contributed by atoms with Gasteiger partial charge in [-0.3, -0.25) is 4.79 Å². The van der Waals surface area contributed by atoms with Crippen LogP contribution in [0.15, 0.2) is 60.8 Å². The summed E-state index contributed by atoms with van der Waals surface area (Å²) < 4.78 is 5.87. The van der Waals surface area contributed by atoms with Gasteiger partial charge in [0.2, 0.25) is 5.88 Å². The highest BCUT2D eigenvalue weighted by Gasteiger charge is 2.26. The van der Waals surface area contributed by atoms with Crippen molar-refractivity contribution in [3.05, 3.63) is 82.5 Å². The first-order chi connectivity index (χ1) is 13.1. The molecule has 0 N–H and O–H groups in total. The van der Waals surface area contributed by atoms with Gasteiger partial charge in [-0.15, -0.1) is 0 Å². The van der Waals surface area contributed by atoms with Crippen LogP contribution in [0.2, 0.25) is 5.02 Å². The third-order valence-electron chi connectivity index (χ3n) is 4.61. The smallest absolute Gasteiger partial charge is 0.263 e. The molecule has 0 atom stereocenters. The van der Waals surface area contributed by atoms with Gasteiger partial charge >= 0.3 is 0 Å². The van der Waals surface area contributed by atoms with Crippen LogP contribution in [0.25, 0.3) is 0 Å². The number of aryl methyl sites for hydroxylation is 2. The minimum atomic E-state index is -0.107. The first kappa shape index (κ1) is 17.6. The van der Waals surface area contributed by atoms with E-state index in [1.807, 2.05) is 17.0 Å². The molecule has 4 rings (SSSR count). The monoisotopic (exact) mass is 378 g/mol. The van der Waals surface area contributed by atoms with Gasteiger partial charge in [0.15, 0.2) is 0 Å². The van der Waals surface area contributed by atoms with Gasteiger partial charge in [-0.25, -0.2) is 4.98 Å². The first-order valence-corrected chi connectivity index (χ1v) is 9.29. The second kappa shape index (κ2) is 7.41. The molecular weight excluding hydrogens is 360 g/mol. The molecule has 1 amide bonds. The van der Waals surface area contributed by atoms with Crippen molar-refractivity contribution < 1.29 is 9.53 Å². The van der Waals surface area contributed by atoms with E-state index in [1.54, 1.807) is 42.6 Å². The Hall–Kier alpha value is -2.85. The van der Waals surface area contributed by atoms with Crippen LogP contribution < -0.4 is 9.64 Å². The van der Waals surface area contributed by atoms with Gasteiger partial charge in [-0.2, -0.15) is 0 Å². The van der Waals surface area contributed by atoms with Gasteiger partial charge in [0, 0.05) is 23.5 Å². The number of hydrogen-bond donors (Lipinski definition) is 0. The number of carbonyl (C=O) groups is 1. The molecule has 4 nitrogen and oxygen atoms in total. The number of carbonyl (C=O) groups excluding carboxylic acids is 1. The highest BCUT2D eigenvalue weighted by Crippen LogP contribution is 2.32. The summed E-state index contributed by atoms with van der Waals surface area (Å²) in [5, 5.41) is 0.566. The van der Waals surface area contributed by atoms with Crippen molar-refractivity contribution in [3.63, 3.8) is 0 Å². The van der Waals surface area contributed by atoms with Crippen LogP contribution in [-0.2, 0) is 6.42 Å². The number of rotatable bonds is 3. The topological polar surface area (TPSA) is 42.4 Å². The van der Waals surface area contributed by atoms with Gasteiger partial charge in [-0.05, 0) is 61.7 Å². The van der Waals surface area contributed by atoms with Crippen LogP contribution in [-0.4, -0.2) is 17.4 Å². The summed E-state index contributed by atoms with van der Waals surface area (Å²) in [5.74, 6) is 0.721.